The van der Waals surface area contributed by atoms with Gasteiger partial charge in [0.05, 0.1) is 36.1 Å². The first-order valence-corrected chi connectivity index (χ1v) is 12.1. The molecule has 1 aromatic heterocycles. The first-order chi connectivity index (χ1) is 17.7. The van der Waals surface area contributed by atoms with Crippen molar-refractivity contribution in [3.63, 3.8) is 0 Å². The zero-order valence-corrected chi connectivity index (χ0v) is 21.9. The van der Waals surface area contributed by atoms with Gasteiger partial charge in [-0.2, -0.15) is 0 Å². The number of fused-ring (bicyclic) bond motifs is 1. The lowest BCUT2D eigenvalue weighted by Crippen LogP contribution is -2.40. The maximum atomic E-state index is 14.3. The second-order valence-electron chi connectivity index (χ2n) is 8.23. The molecule has 1 amide bonds. The van der Waals surface area contributed by atoms with Crippen molar-refractivity contribution < 1.29 is 18.7 Å². The molecule has 0 radical (unpaired) electrons. The average Bonchev–Trinajstić information content (AvgIpc) is 3.51. The summed E-state index contributed by atoms with van der Waals surface area (Å²) in [6, 6.07) is 11.5. The van der Waals surface area contributed by atoms with E-state index in [0.29, 0.717) is 34.3 Å². The van der Waals surface area contributed by atoms with Crippen LogP contribution in [0.15, 0.2) is 84.5 Å². The fourth-order valence-electron chi connectivity index (χ4n) is 3.81. The van der Waals surface area contributed by atoms with Crippen LogP contribution in [0.3, 0.4) is 0 Å². The van der Waals surface area contributed by atoms with Gasteiger partial charge in [0, 0.05) is 28.7 Å². The van der Waals surface area contributed by atoms with Crippen LogP contribution in [0.1, 0.15) is 16.8 Å². The molecule has 1 saturated heterocycles. The number of carbonyl (C=O) groups is 2. The molecule has 1 aliphatic rings. The standard InChI is InChI=1S/C17H17Cl2FN2O.C10H10N2O2/c1-11(18)4-2-7-15(20)14-8-9-21-16(14)17(23)22-13-6-3-5-12(19)10-13;1-12-6-11-8-5-7(10(13)14-2)3-4-9(8)12/h2-7,10,14,16,21H,1,8-9H2,(H,22,23);3-6H,1-2H3/b4-2-,15-7-;. The highest BCUT2D eigenvalue weighted by Crippen LogP contribution is 2.27. The molecular formula is C27H27Cl2FN4O3. The number of carbonyl (C=O) groups excluding carboxylic acids is 2. The second kappa shape index (κ2) is 13.2. The van der Waals surface area contributed by atoms with Crippen molar-refractivity contribution in [1.29, 1.82) is 0 Å². The number of hydrogen-bond acceptors (Lipinski definition) is 5. The fourth-order valence-corrected chi connectivity index (χ4v) is 4.07. The number of allylic oxidation sites excluding steroid dienone is 4. The van der Waals surface area contributed by atoms with Crippen molar-refractivity contribution in [3.8, 4) is 0 Å². The predicted octanol–water partition coefficient (Wildman–Crippen LogP) is 5.78. The minimum absolute atomic E-state index is 0.288. The van der Waals surface area contributed by atoms with E-state index in [9.17, 15) is 14.0 Å². The molecule has 2 atom stereocenters. The minimum atomic E-state index is -0.627. The summed E-state index contributed by atoms with van der Waals surface area (Å²) in [5.41, 5.74) is 2.91. The number of methoxy groups -OCH3 is 1. The molecule has 2 N–H and O–H groups in total. The van der Waals surface area contributed by atoms with Gasteiger partial charge < -0.3 is 19.9 Å². The van der Waals surface area contributed by atoms with E-state index >= 15 is 0 Å². The number of hydrogen-bond donors (Lipinski definition) is 2. The van der Waals surface area contributed by atoms with Gasteiger partial charge in [-0.15, -0.1) is 0 Å². The molecule has 2 aromatic carbocycles. The number of amides is 1. The maximum Gasteiger partial charge on any atom is 0.337 e. The minimum Gasteiger partial charge on any atom is -0.465 e. The molecule has 2 unspecified atom stereocenters. The number of anilines is 1. The monoisotopic (exact) mass is 544 g/mol. The van der Waals surface area contributed by atoms with Crippen LogP contribution in [0, 0.1) is 5.92 Å². The highest BCUT2D eigenvalue weighted by molar-refractivity contribution is 6.31. The average molecular weight is 545 g/mol. The Kier molecular flexibility index (Phi) is 10.0. The van der Waals surface area contributed by atoms with E-state index in [1.54, 1.807) is 42.7 Å². The van der Waals surface area contributed by atoms with Crippen molar-refractivity contribution in [2.75, 3.05) is 19.0 Å². The molecular weight excluding hydrogens is 518 g/mol. The number of rotatable bonds is 6. The summed E-state index contributed by atoms with van der Waals surface area (Å²) in [4.78, 5) is 27.7. The number of aryl methyl sites for hydroxylation is 1. The highest BCUT2D eigenvalue weighted by Gasteiger charge is 2.35. The molecule has 2 heterocycles. The van der Waals surface area contributed by atoms with Crippen molar-refractivity contribution in [2.24, 2.45) is 13.0 Å². The Morgan fingerprint density at radius 1 is 1.30 bits per heavy atom. The van der Waals surface area contributed by atoms with Crippen molar-refractivity contribution in [1.82, 2.24) is 14.9 Å². The van der Waals surface area contributed by atoms with Crippen molar-refractivity contribution in [2.45, 2.75) is 12.5 Å². The smallest absolute Gasteiger partial charge is 0.337 e. The first-order valence-electron chi connectivity index (χ1n) is 11.4. The van der Waals surface area contributed by atoms with Crippen LogP contribution in [0.5, 0.6) is 0 Å². The Hall–Kier alpha value is -3.46. The molecule has 0 bridgehead atoms. The molecule has 3 aromatic rings. The summed E-state index contributed by atoms with van der Waals surface area (Å²) in [5, 5.41) is 6.62. The van der Waals surface area contributed by atoms with E-state index in [0.717, 1.165) is 11.0 Å². The van der Waals surface area contributed by atoms with Crippen LogP contribution in [-0.4, -0.2) is 41.1 Å². The topological polar surface area (TPSA) is 85.2 Å². The summed E-state index contributed by atoms with van der Waals surface area (Å²) in [5.74, 6) is -1.50. The number of ether oxygens (including phenoxy) is 1. The summed E-state index contributed by atoms with van der Waals surface area (Å²) < 4.78 is 20.8. The number of imidazole rings is 1. The van der Waals surface area contributed by atoms with Gasteiger partial charge in [-0.05, 0) is 61.5 Å². The van der Waals surface area contributed by atoms with E-state index in [1.807, 2.05) is 17.7 Å². The molecule has 0 spiro atoms. The Balaban J connectivity index is 0.000000231. The van der Waals surface area contributed by atoms with Crippen LogP contribution in [-0.2, 0) is 16.6 Å². The quantitative estimate of drug-likeness (QED) is 0.303. The van der Waals surface area contributed by atoms with Crippen molar-refractivity contribution >= 4 is 51.8 Å². The molecule has 0 aliphatic carbocycles. The van der Waals surface area contributed by atoms with Crippen LogP contribution >= 0.6 is 23.2 Å². The van der Waals surface area contributed by atoms with Gasteiger partial charge in [-0.3, -0.25) is 4.79 Å². The summed E-state index contributed by atoms with van der Waals surface area (Å²) in [7, 11) is 3.28. The number of aromatic nitrogens is 2. The molecule has 10 heteroatoms. The number of esters is 1. The summed E-state index contributed by atoms with van der Waals surface area (Å²) in [6.07, 6.45) is 6.54. The van der Waals surface area contributed by atoms with Crippen LogP contribution in [0.4, 0.5) is 10.1 Å². The third-order valence-corrected chi connectivity index (χ3v) is 5.99. The van der Waals surface area contributed by atoms with E-state index < -0.39 is 12.0 Å². The van der Waals surface area contributed by atoms with Gasteiger partial charge in [0.2, 0.25) is 5.91 Å². The van der Waals surface area contributed by atoms with Gasteiger partial charge >= 0.3 is 5.97 Å². The molecule has 1 aliphatic heterocycles. The second-order valence-corrected chi connectivity index (χ2v) is 9.16. The van der Waals surface area contributed by atoms with Crippen LogP contribution < -0.4 is 10.6 Å². The maximum absolute atomic E-state index is 14.3. The normalized spacial score (nSPS) is 17.4. The van der Waals surface area contributed by atoms with Gasteiger partial charge in [0.1, 0.15) is 5.83 Å². The molecule has 37 heavy (non-hydrogen) atoms. The molecule has 7 nitrogen and oxygen atoms in total. The molecule has 1 fully saturated rings. The van der Waals surface area contributed by atoms with Gasteiger partial charge in [-0.25, -0.2) is 14.2 Å². The lowest BCUT2D eigenvalue weighted by Gasteiger charge is -2.17. The van der Waals surface area contributed by atoms with E-state index in [-0.39, 0.29) is 17.7 Å². The van der Waals surface area contributed by atoms with Gasteiger partial charge in [-0.1, -0.05) is 41.9 Å². The zero-order chi connectivity index (χ0) is 26.9. The van der Waals surface area contributed by atoms with Gasteiger partial charge in [0.25, 0.3) is 0 Å². The molecule has 194 valence electrons. The highest BCUT2D eigenvalue weighted by atomic mass is 35.5. The lowest BCUT2D eigenvalue weighted by molar-refractivity contribution is -0.118. The van der Waals surface area contributed by atoms with E-state index in [2.05, 4.69) is 26.9 Å². The third kappa shape index (κ3) is 7.76. The molecule has 0 saturated carbocycles. The summed E-state index contributed by atoms with van der Waals surface area (Å²) >= 11 is 11.5. The first kappa shape index (κ1) is 28.1. The largest absolute Gasteiger partial charge is 0.465 e. The molecule has 4 rings (SSSR count). The van der Waals surface area contributed by atoms with Gasteiger partial charge in [0.15, 0.2) is 0 Å². The third-order valence-electron chi connectivity index (χ3n) is 5.63. The number of benzene rings is 2. The van der Waals surface area contributed by atoms with E-state index in [1.165, 1.54) is 25.3 Å². The Morgan fingerprint density at radius 3 is 2.78 bits per heavy atom. The SMILES string of the molecule is C=C(Cl)/C=C\C=C(/F)C1CCNC1C(=O)Nc1cccc(Cl)c1.COC(=O)c1ccc2c(c1)ncn2C. The van der Waals surface area contributed by atoms with Crippen LogP contribution in [0.2, 0.25) is 5.02 Å². The number of halogens is 3. The summed E-state index contributed by atoms with van der Waals surface area (Å²) in [6.45, 7) is 4.06. The van der Waals surface area contributed by atoms with Crippen LogP contribution in [0.25, 0.3) is 11.0 Å². The Morgan fingerprint density at radius 2 is 2.08 bits per heavy atom. The lowest BCUT2D eigenvalue weighted by atomic mass is 9.98. The van der Waals surface area contributed by atoms with Crippen molar-refractivity contribution in [3.05, 3.63) is 95.0 Å². The number of nitrogens with zero attached hydrogens (tertiary/aromatic N) is 2. The fraction of sp³-hybridized carbons (Fsp3) is 0.222. The van der Waals surface area contributed by atoms with E-state index in [4.69, 9.17) is 23.2 Å². The Bertz CT molecular complexity index is 1350. The number of nitrogens with one attached hydrogen (secondary N) is 2. The Labute approximate surface area is 224 Å². The zero-order valence-electron chi connectivity index (χ0n) is 20.4. The predicted molar refractivity (Wildman–Crippen MR) is 145 cm³/mol.